The summed E-state index contributed by atoms with van der Waals surface area (Å²) in [5.74, 6) is 0.0514. The third kappa shape index (κ3) is 9.85. The summed E-state index contributed by atoms with van der Waals surface area (Å²) in [6.07, 6.45) is 8.21. The number of anilines is 1. The fraction of sp³-hybridized carbons (Fsp3) is 0.733. The Balaban J connectivity index is 1.92. The number of rotatable bonds is 7. The molecule has 1 heterocycles. The van der Waals surface area contributed by atoms with E-state index in [4.69, 9.17) is 9.47 Å². The molecule has 41 heavy (non-hydrogen) atoms. The number of nitrogens with zero attached hydrogens (tertiary/aromatic N) is 2. The van der Waals surface area contributed by atoms with E-state index >= 15 is 0 Å². The van der Waals surface area contributed by atoms with Gasteiger partial charge in [0, 0.05) is 44.3 Å². The molecule has 4 atom stereocenters. The number of ether oxygens (including phenoxy) is 2. The van der Waals surface area contributed by atoms with Crippen molar-refractivity contribution in [2.45, 2.75) is 90.4 Å². The Morgan fingerprint density at radius 2 is 1.83 bits per heavy atom. The highest BCUT2D eigenvalue weighted by Crippen LogP contribution is 2.29. The highest BCUT2D eigenvalue weighted by atomic mass is 32.2. The van der Waals surface area contributed by atoms with Crippen LogP contribution in [0.5, 0.6) is 5.75 Å². The van der Waals surface area contributed by atoms with Crippen molar-refractivity contribution in [3.05, 3.63) is 23.8 Å². The van der Waals surface area contributed by atoms with E-state index in [2.05, 4.69) is 4.72 Å². The number of aliphatic hydroxyl groups excluding tert-OH is 1. The largest absolute Gasteiger partial charge is 0.490 e. The molecule has 1 fully saturated rings. The van der Waals surface area contributed by atoms with E-state index in [1.807, 2.05) is 20.9 Å². The molecule has 1 aromatic carbocycles. The summed E-state index contributed by atoms with van der Waals surface area (Å²) >= 11 is 0. The first kappa shape index (κ1) is 33.1. The monoisotopic (exact) mass is 595 g/mol. The highest BCUT2D eigenvalue weighted by molar-refractivity contribution is 7.92. The Labute approximate surface area is 245 Å². The number of likely N-dealkylation sites (N-methyl/N-ethyl adjacent to an activating group) is 1. The Hall–Kier alpha value is -2.37. The summed E-state index contributed by atoms with van der Waals surface area (Å²) in [4.78, 5) is 30.7. The van der Waals surface area contributed by atoms with Gasteiger partial charge >= 0.3 is 0 Å². The zero-order valence-corrected chi connectivity index (χ0v) is 26.1. The predicted octanol–water partition coefficient (Wildman–Crippen LogP) is 3.89. The van der Waals surface area contributed by atoms with Crippen LogP contribution >= 0.6 is 0 Å². The van der Waals surface area contributed by atoms with Gasteiger partial charge in [-0.3, -0.25) is 14.3 Å². The lowest BCUT2D eigenvalue weighted by molar-refractivity contribution is -0.137. The summed E-state index contributed by atoms with van der Waals surface area (Å²) in [5, 5.41) is 10.1. The number of hydrogen-bond acceptors (Lipinski definition) is 7. The Morgan fingerprint density at radius 3 is 2.49 bits per heavy atom. The minimum atomic E-state index is -3.56. The standard InChI is InChI=1S/C30H49N3O7S/c1-21-18-33(22(2)20-34)30(36)26-17-25(31-41(5,37)38)14-15-27(26)40-23(3)11-9-10-16-39-28(21)19-32(4)29(35)24-12-7-6-8-13-24/h14-15,17,21-24,28,31,34H,6-13,16,18-20H2,1-5H3/t21-,22-,23+,28+/m1/s1. The summed E-state index contributed by atoms with van der Waals surface area (Å²) in [6.45, 7) is 6.69. The lowest BCUT2D eigenvalue weighted by Gasteiger charge is -2.36. The van der Waals surface area contributed by atoms with Crippen molar-refractivity contribution in [3.63, 3.8) is 0 Å². The van der Waals surface area contributed by atoms with Crippen LogP contribution in [-0.2, 0) is 19.6 Å². The molecular weight excluding hydrogens is 546 g/mol. The van der Waals surface area contributed by atoms with Crippen LogP contribution in [0.3, 0.4) is 0 Å². The smallest absolute Gasteiger partial charge is 0.258 e. The summed E-state index contributed by atoms with van der Waals surface area (Å²) in [6, 6.07) is 4.17. The Bertz CT molecular complexity index is 1120. The Morgan fingerprint density at radius 1 is 1.15 bits per heavy atom. The van der Waals surface area contributed by atoms with E-state index in [1.165, 1.54) is 12.5 Å². The van der Waals surface area contributed by atoms with Gasteiger partial charge < -0.3 is 24.4 Å². The SMILES string of the molecule is C[C@@H]1CN([C@H](C)CO)C(=O)c2cc(NS(C)(=O)=O)ccc2O[C@@H](C)CCCCO[C@H]1CN(C)C(=O)C1CCCCC1. The Kier molecular flexibility index (Phi) is 12.3. The van der Waals surface area contributed by atoms with E-state index in [0.29, 0.717) is 18.9 Å². The van der Waals surface area contributed by atoms with Gasteiger partial charge in [-0.2, -0.15) is 0 Å². The van der Waals surface area contributed by atoms with Gasteiger partial charge in [0.05, 0.1) is 36.7 Å². The van der Waals surface area contributed by atoms with Crippen molar-refractivity contribution >= 4 is 27.5 Å². The highest BCUT2D eigenvalue weighted by Gasteiger charge is 2.32. The lowest BCUT2D eigenvalue weighted by atomic mass is 9.88. The van der Waals surface area contributed by atoms with Crippen molar-refractivity contribution in [1.29, 1.82) is 0 Å². The van der Waals surface area contributed by atoms with E-state index in [1.54, 1.807) is 28.9 Å². The minimum Gasteiger partial charge on any atom is -0.490 e. The number of fused-ring (bicyclic) bond motifs is 1. The van der Waals surface area contributed by atoms with Crippen LogP contribution in [-0.4, -0.2) is 93.0 Å². The number of amides is 2. The van der Waals surface area contributed by atoms with Gasteiger partial charge in [-0.25, -0.2) is 8.42 Å². The molecule has 11 heteroatoms. The van der Waals surface area contributed by atoms with Crippen molar-refractivity contribution in [2.24, 2.45) is 11.8 Å². The van der Waals surface area contributed by atoms with Crippen LogP contribution in [0.4, 0.5) is 5.69 Å². The van der Waals surface area contributed by atoms with Crippen LogP contribution in [0, 0.1) is 11.8 Å². The quantitative estimate of drug-likeness (QED) is 0.490. The van der Waals surface area contributed by atoms with Crippen molar-refractivity contribution < 1.29 is 32.6 Å². The van der Waals surface area contributed by atoms with E-state index < -0.39 is 16.1 Å². The third-order valence-corrected chi connectivity index (χ3v) is 8.75. The average Bonchev–Trinajstić information content (AvgIpc) is 2.93. The second-order valence-corrected chi connectivity index (χ2v) is 13.7. The maximum Gasteiger partial charge on any atom is 0.258 e. The maximum atomic E-state index is 14.1. The molecule has 0 radical (unpaired) electrons. The number of nitrogens with one attached hydrogen (secondary N) is 1. The number of aliphatic hydroxyl groups is 1. The van der Waals surface area contributed by atoms with Gasteiger partial charge in [0.2, 0.25) is 15.9 Å². The van der Waals surface area contributed by atoms with Crippen molar-refractivity contribution in [2.75, 3.05) is 44.3 Å². The molecule has 1 aliphatic carbocycles. The first-order chi connectivity index (χ1) is 19.4. The minimum absolute atomic E-state index is 0.0581. The second kappa shape index (κ2) is 15.2. The van der Waals surface area contributed by atoms with E-state index in [9.17, 15) is 23.1 Å². The maximum absolute atomic E-state index is 14.1. The number of carbonyl (C=O) groups excluding carboxylic acids is 2. The molecule has 1 aromatic rings. The van der Waals surface area contributed by atoms with Crippen molar-refractivity contribution in [1.82, 2.24) is 9.80 Å². The van der Waals surface area contributed by atoms with Gasteiger partial charge in [-0.1, -0.05) is 26.2 Å². The molecule has 1 aliphatic heterocycles. The van der Waals surface area contributed by atoms with Crippen LogP contribution in [0.25, 0.3) is 0 Å². The van der Waals surface area contributed by atoms with E-state index in [-0.39, 0.29) is 60.3 Å². The first-order valence-corrected chi connectivity index (χ1v) is 16.9. The molecule has 0 bridgehead atoms. The average molecular weight is 596 g/mol. The summed E-state index contributed by atoms with van der Waals surface area (Å²) < 4.78 is 38.8. The number of benzene rings is 1. The third-order valence-electron chi connectivity index (χ3n) is 8.14. The molecule has 2 aliphatic rings. The predicted molar refractivity (Wildman–Crippen MR) is 160 cm³/mol. The van der Waals surface area contributed by atoms with E-state index in [0.717, 1.165) is 51.2 Å². The van der Waals surface area contributed by atoms with Crippen LogP contribution < -0.4 is 9.46 Å². The van der Waals surface area contributed by atoms with Crippen LogP contribution in [0.2, 0.25) is 0 Å². The van der Waals surface area contributed by atoms with Gasteiger partial charge in [0.1, 0.15) is 5.75 Å². The molecule has 2 N–H and O–H groups in total. The normalized spacial score (nSPS) is 24.5. The second-order valence-electron chi connectivity index (χ2n) is 11.9. The number of carbonyl (C=O) groups is 2. The summed E-state index contributed by atoms with van der Waals surface area (Å²) in [5.41, 5.74) is 0.475. The van der Waals surface area contributed by atoms with Gasteiger partial charge in [0.25, 0.3) is 5.91 Å². The molecule has 0 spiro atoms. The van der Waals surface area contributed by atoms with Gasteiger partial charge in [-0.05, 0) is 64.2 Å². The first-order valence-electron chi connectivity index (χ1n) is 15.0. The molecule has 0 aromatic heterocycles. The topological polar surface area (TPSA) is 125 Å². The lowest BCUT2D eigenvalue weighted by Crippen LogP contribution is -2.48. The molecule has 232 valence electrons. The molecule has 1 saturated carbocycles. The number of hydrogen-bond donors (Lipinski definition) is 2. The molecule has 0 saturated heterocycles. The van der Waals surface area contributed by atoms with Gasteiger partial charge in [0.15, 0.2) is 0 Å². The molecular formula is C30H49N3O7S. The van der Waals surface area contributed by atoms with Crippen LogP contribution in [0.1, 0.15) is 82.5 Å². The van der Waals surface area contributed by atoms with Gasteiger partial charge in [-0.15, -0.1) is 0 Å². The molecule has 2 amide bonds. The molecule has 0 unspecified atom stereocenters. The fourth-order valence-electron chi connectivity index (χ4n) is 5.68. The summed E-state index contributed by atoms with van der Waals surface area (Å²) in [7, 11) is -1.73. The molecule has 3 rings (SSSR count). The van der Waals surface area contributed by atoms with Crippen molar-refractivity contribution in [3.8, 4) is 5.75 Å². The van der Waals surface area contributed by atoms with Crippen LogP contribution in [0.15, 0.2) is 18.2 Å². The fourth-order valence-corrected chi connectivity index (χ4v) is 6.24. The number of sulfonamides is 1. The zero-order chi connectivity index (χ0) is 30.2. The zero-order valence-electron chi connectivity index (χ0n) is 25.3. The molecule has 10 nitrogen and oxygen atoms in total.